The molecule has 114 valence electrons. The molecule has 2 aromatic rings. The summed E-state index contributed by atoms with van der Waals surface area (Å²) in [6.07, 6.45) is 3.33. The Balaban J connectivity index is 1.99. The maximum atomic E-state index is 12.1. The molecule has 2 N–H and O–H groups in total. The molecule has 1 atom stereocenters. The fraction of sp³-hybridized carbons (Fsp3) is 0.643. The highest BCUT2D eigenvalue weighted by molar-refractivity contribution is 5.72. The molecular formula is C14H21N5O2. The lowest BCUT2D eigenvalue weighted by Crippen LogP contribution is -2.36. The molecule has 7 heteroatoms. The first-order valence-electron chi connectivity index (χ1n) is 7.21. The smallest absolute Gasteiger partial charge is 0.332 e. The van der Waals surface area contributed by atoms with Gasteiger partial charge in [0.15, 0.2) is 11.2 Å². The van der Waals surface area contributed by atoms with Crippen molar-refractivity contribution in [2.45, 2.75) is 39.2 Å². The van der Waals surface area contributed by atoms with Crippen LogP contribution in [0.3, 0.4) is 0 Å². The first-order chi connectivity index (χ1) is 9.78. The van der Waals surface area contributed by atoms with Crippen LogP contribution in [0.25, 0.3) is 11.2 Å². The van der Waals surface area contributed by atoms with Gasteiger partial charge < -0.3 is 10.3 Å². The molecule has 2 heterocycles. The van der Waals surface area contributed by atoms with E-state index < -0.39 is 0 Å². The normalized spacial score (nSPS) is 21.0. The molecule has 1 fully saturated rings. The van der Waals surface area contributed by atoms with Crippen LogP contribution in [0, 0.1) is 5.41 Å². The fourth-order valence-electron chi connectivity index (χ4n) is 3.15. The number of hydrogen-bond acceptors (Lipinski definition) is 4. The number of imidazole rings is 1. The number of aryl methyl sites for hydroxylation is 1. The van der Waals surface area contributed by atoms with Crippen molar-refractivity contribution in [3.8, 4) is 0 Å². The van der Waals surface area contributed by atoms with E-state index in [2.05, 4.69) is 29.1 Å². The number of nitrogens with zero attached hydrogens (tertiary/aromatic N) is 3. The van der Waals surface area contributed by atoms with E-state index in [1.165, 1.54) is 18.0 Å². The third-order valence-electron chi connectivity index (χ3n) is 4.40. The topological polar surface area (TPSA) is 84.7 Å². The Bertz CT molecular complexity index is 811. The van der Waals surface area contributed by atoms with Gasteiger partial charge in [-0.1, -0.05) is 13.8 Å². The molecule has 7 nitrogen and oxygen atoms in total. The van der Waals surface area contributed by atoms with Crippen LogP contribution in [-0.2, 0) is 14.1 Å². The van der Waals surface area contributed by atoms with E-state index in [0.29, 0.717) is 28.6 Å². The van der Waals surface area contributed by atoms with Crippen LogP contribution < -0.4 is 16.6 Å². The van der Waals surface area contributed by atoms with Gasteiger partial charge in [0.1, 0.15) is 0 Å². The molecule has 0 aliphatic heterocycles. The predicted octanol–water partition coefficient (Wildman–Crippen LogP) is 0.951. The van der Waals surface area contributed by atoms with Gasteiger partial charge in [-0.2, -0.15) is 4.98 Å². The van der Waals surface area contributed by atoms with Gasteiger partial charge in [-0.05, 0) is 24.7 Å². The molecule has 0 saturated heterocycles. The number of nitrogens with one attached hydrogen (secondary N) is 2. The van der Waals surface area contributed by atoms with Crippen LogP contribution >= 0.6 is 0 Å². The van der Waals surface area contributed by atoms with Crippen molar-refractivity contribution in [1.29, 1.82) is 0 Å². The molecular weight excluding hydrogens is 270 g/mol. The Morgan fingerprint density at radius 1 is 1.29 bits per heavy atom. The maximum absolute atomic E-state index is 12.1. The second kappa shape index (κ2) is 4.47. The highest BCUT2D eigenvalue weighted by Crippen LogP contribution is 2.38. The van der Waals surface area contributed by atoms with Gasteiger partial charge in [-0.3, -0.25) is 13.9 Å². The average molecular weight is 291 g/mol. The van der Waals surface area contributed by atoms with Crippen molar-refractivity contribution in [3.05, 3.63) is 20.8 Å². The number of rotatable bonds is 2. The summed E-state index contributed by atoms with van der Waals surface area (Å²) < 4.78 is 2.47. The zero-order valence-corrected chi connectivity index (χ0v) is 12.9. The van der Waals surface area contributed by atoms with Crippen molar-refractivity contribution < 1.29 is 0 Å². The third-order valence-corrected chi connectivity index (χ3v) is 4.40. The summed E-state index contributed by atoms with van der Waals surface area (Å²) in [6.45, 7) is 4.51. The van der Waals surface area contributed by atoms with Crippen LogP contribution in [0.5, 0.6) is 0 Å². The quantitative estimate of drug-likeness (QED) is 0.863. The highest BCUT2D eigenvalue weighted by Gasteiger charge is 2.31. The third kappa shape index (κ3) is 2.26. The fourth-order valence-corrected chi connectivity index (χ4v) is 3.15. The first-order valence-corrected chi connectivity index (χ1v) is 7.21. The lowest BCUT2D eigenvalue weighted by Gasteiger charge is -2.17. The van der Waals surface area contributed by atoms with Crippen LogP contribution in [0.15, 0.2) is 9.59 Å². The molecule has 0 amide bonds. The number of hydrogen-bond donors (Lipinski definition) is 2. The maximum Gasteiger partial charge on any atom is 0.332 e. The van der Waals surface area contributed by atoms with Crippen molar-refractivity contribution in [2.75, 3.05) is 5.32 Å². The zero-order chi connectivity index (χ0) is 15.4. The molecule has 1 aliphatic rings. The van der Waals surface area contributed by atoms with E-state index in [0.717, 1.165) is 17.4 Å². The molecule has 0 radical (unpaired) electrons. The minimum absolute atomic E-state index is 0.340. The molecule has 3 rings (SSSR count). The standard InChI is InChI=1S/C14H21N5O2/c1-14(2)6-5-8(7-14)15-12-16-9-10(17-12)18(3)13(21)19(4)11(9)20/h8H,5-7H2,1-4H3,(H2,15,16,17). The lowest BCUT2D eigenvalue weighted by molar-refractivity contribution is 0.378. The minimum Gasteiger partial charge on any atom is -0.353 e. The average Bonchev–Trinajstić information content (AvgIpc) is 2.98. The van der Waals surface area contributed by atoms with Gasteiger partial charge in [0.25, 0.3) is 5.56 Å². The highest BCUT2D eigenvalue weighted by atomic mass is 16.2. The predicted molar refractivity (Wildman–Crippen MR) is 81.6 cm³/mol. The first kappa shape index (κ1) is 13.9. The Hall–Kier alpha value is -2.05. The van der Waals surface area contributed by atoms with Crippen molar-refractivity contribution in [1.82, 2.24) is 19.1 Å². The van der Waals surface area contributed by atoms with Gasteiger partial charge in [-0.25, -0.2) is 4.79 Å². The van der Waals surface area contributed by atoms with Gasteiger partial charge in [0.05, 0.1) is 0 Å². The zero-order valence-electron chi connectivity index (χ0n) is 12.9. The second-order valence-corrected chi connectivity index (χ2v) is 6.74. The molecule has 1 saturated carbocycles. The van der Waals surface area contributed by atoms with E-state index in [9.17, 15) is 9.59 Å². The van der Waals surface area contributed by atoms with Gasteiger partial charge in [0, 0.05) is 20.1 Å². The summed E-state index contributed by atoms with van der Waals surface area (Å²) >= 11 is 0. The number of aromatic amines is 1. The minimum atomic E-state index is -0.368. The van der Waals surface area contributed by atoms with Gasteiger partial charge in [0.2, 0.25) is 5.95 Å². The Labute approximate surface area is 122 Å². The summed E-state index contributed by atoms with van der Waals surface area (Å²) in [7, 11) is 3.09. The molecule has 0 bridgehead atoms. The van der Waals surface area contributed by atoms with Crippen LogP contribution in [0.4, 0.5) is 5.95 Å². The second-order valence-electron chi connectivity index (χ2n) is 6.74. The van der Waals surface area contributed by atoms with E-state index >= 15 is 0 Å². The van der Waals surface area contributed by atoms with E-state index in [1.807, 2.05) is 0 Å². The SMILES string of the molecule is Cn1c(=O)c2[nH]c(NC3CCC(C)(C)C3)nc2n(C)c1=O. The van der Waals surface area contributed by atoms with E-state index in [4.69, 9.17) is 0 Å². The van der Waals surface area contributed by atoms with E-state index in [-0.39, 0.29) is 11.2 Å². The number of H-pyrrole nitrogens is 1. The molecule has 1 unspecified atom stereocenters. The van der Waals surface area contributed by atoms with Crippen LogP contribution in [-0.4, -0.2) is 25.1 Å². The number of anilines is 1. The van der Waals surface area contributed by atoms with Crippen molar-refractivity contribution >= 4 is 17.1 Å². The number of aromatic nitrogens is 4. The summed E-state index contributed by atoms with van der Waals surface area (Å²) in [5.74, 6) is 0.561. The summed E-state index contributed by atoms with van der Waals surface area (Å²) in [6, 6.07) is 0.349. The van der Waals surface area contributed by atoms with Crippen molar-refractivity contribution in [2.24, 2.45) is 19.5 Å². The number of fused-ring (bicyclic) bond motifs is 1. The Morgan fingerprint density at radius 3 is 2.62 bits per heavy atom. The molecule has 2 aromatic heterocycles. The largest absolute Gasteiger partial charge is 0.353 e. The molecule has 0 aromatic carbocycles. The Morgan fingerprint density at radius 2 is 2.00 bits per heavy atom. The Kier molecular flexibility index (Phi) is 2.96. The van der Waals surface area contributed by atoms with Gasteiger partial charge in [-0.15, -0.1) is 0 Å². The summed E-state index contributed by atoms with van der Waals surface area (Å²) in [5, 5.41) is 3.35. The summed E-state index contributed by atoms with van der Waals surface area (Å²) in [5.41, 5.74) is 0.377. The van der Waals surface area contributed by atoms with Crippen LogP contribution in [0.2, 0.25) is 0 Å². The van der Waals surface area contributed by atoms with Crippen LogP contribution in [0.1, 0.15) is 33.1 Å². The van der Waals surface area contributed by atoms with E-state index in [1.54, 1.807) is 7.05 Å². The van der Waals surface area contributed by atoms with Crippen molar-refractivity contribution in [3.63, 3.8) is 0 Å². The monoisotopic (exact) mass is 291 g/mol. The van der Waals surface area contributed by atoms with Gasteiger partial charge >= 0.3 is 5.69 Å². The summed E-state index contributed by atoms with van der Waals surface area (Å²) in [4.78, 5) is 31.4. The lowest BCUT2D eigenvalue weighted by atomic mass is 9.92. The molecule has 0 spiro atoms. The molecule has 21 heavy (non-hydrogen) atoms. The molecule has 1 aliphatic carbocycles.